The number of nitrogens with zero attached hydrogens (tertiary/aromatic N) is 2. The van der Waals surface area contributed by atoms with E-state index < -0.39 is 0 Å². The highest BCUT2D eigenvalue weighted by Crippen LogP contribution is 2.44. The van der Waals surface area contributed by atoms with Crippen LogP contribution in [0.5, 0.6) is 0 Å². The summed E-state index contributed by atoms with van der Waals surface area (Å²) in [5.74, 6) is 0. The van der Waals surface area contributed by atoms with E-state index in [4.69, 9.17) is 0 Å². The van der Waals surface area contributed by atoms with Gasteiger partial charge in [-0.15, -0.1) is 0 Å². The lowest BCUT2D eigenvalue weighted by Crippen LogP contribution is -1.96. The van der Waals surface area contributed by atoms with E-state index in [9.17, 15) is 0 Å². The standard InChI is InChI=1S/C41H26N2/c1-2-11-28(12-3-1)43-37-16-8-6-14-32(37)33-22-23-39-40(41(33)43)34-15-7-9-17-38(34)42(39)29-20-18-27-24-36-30-13-5-4-10-26(30)19-21-31(36)35(27)25-29/h1-23,25H,24H2. The van der Waals surface area contributed by atoms with Crippen molar-refractivity contribution in [1.29, 1.82) is 0 Å². The normalized spacial score (nSPS) is 12.6. The molecule has 2 heteroatoms. The Morgan fingerprint density at radius 2 is 1.14 bits per heavy atom. The average Bonchev–Trinajstić information content (AvgIpc) is 3.72. The third-order valence-electron chi connectivity index (χ3n) is 9.53. The second-order valence-corrected chi connectivity index (χ2v) is 11.7. The molecule has 0 atom stereocenters. The van der Waals surface area contributed by atoms with E-state index in [1.54, 1.807) is 0 Å². The maximum absolute atomic E-state index is 2.47. The van der Waals surface area contributed by atoms with E-state index in [1.165, 1.54) is 88.0 Å². The number of rotatable bonds is 2. The fourth-order valence-electron chi connectivity index (χ4n) is 7.71. The zero-order valence-electron chi connectivity index (χ0n) is 23.5. The van der Waals surface area contributed by atoms with E-state index >= 15 is 0 Å². The molecule has 9 aromatic rings. The van der Waals surface area contributed by atoms with Gasteiger partial charge in [-0.3, -0.25) is 0 Å². The Balaban J connectivity index is 1.30. The summed E-state index contributed by atoms with van der Waals surface area (Å²) < 4.78 is 4.92. The monoisotopic (exact) mass is 546 g/mol. The SMILES string of the molecule is c1ccc(-n2c3ccccc3c3ccc4c(c5ccccc5n4-c4ccc5c(c4)-c4ccc6ccccc6c4C5)c32)cc1. The Morgan fingerprint density at radius 3 is 2.00 bits per heavy atom. The molecule has 7 aromatic carbocycles. The number of para-hydroxylation sites is 3. The molecule has 0 amide bonds. The zero-order valence-corrected chi connectivity index (χ0v) is 23.5. The molecule has 0 N–H and O–H groups in total. The Labute approximate surface area is 248 Å². The van der Waals surface area contributed by atoms with Crippen LogP contribution in [0.2, 0.25) is 0 Å². The maximum Gasteiger partial charge on any atom is 0.0641 e. The van der Waals surface area contributed by atoms with E-state index in [1.807, 2.05) is 0 Å². The number of benzene rings is 7. The summed E-state index contributed by atoms with van der Waals surface area (Å²) in [4.78, 5) is 0. The molecule has 1 aliphatic rings. The molecule has 2 nitrogen and oxygen atoms in total. The smallest absolute Gasteiger partial charge is 0.0641 e. The minimum absolute atomic E-state index is 0.983. The molecule has 0 unspecified atom stereocenters. The number of hydrogen-bond acceptors (Lipinski definition) is 0. The third kappa shape index (κ3) is 3.07. The van der Waals surface area contributed by atoms with Gasteiger partial charge in [0.05, 0.1) is 22.1 Å². The summed E-state index contributed by atoms with van der Waals surface area (Å²) in [6.07, 6.45) is 0.983. The zero-order chi connectivity index (χ0) is 28.1. The van der Waals surface area contributed by atoms with Crippen molar-refractivity contribution in [2.24, 2.45) is 0 Å². The van der Waals surface area contributed by atoms with Gasteiger partial charge in [0.25, 0.3) is 0 Å². The first-order valence-corrected chi connectivity index (χ1v) is 15.0. The van der Waals surface area contributed by atoms with Gasteiger partial charge >= 0.3 is 0 Å². The van der Waals surface area contributed by atoms with Crippen LogP contribution in [0.1, 0.15) is 11.1 Å². The Kier molecular flexibility index (Phi) is 4.53. The van der Waals surface area contributed by atoms with Crippen LogP contribution >= 0.6 is 0 Å². The largest absolute Gasteiger partial charge is 0.309 e. The van der Waals surface area contributed by atoms with Crippen molar-refractivity contribution >= 4 is 54.4 Å². The predicted molar refractivity (Wildman–Crippen MR) is 181 cm³/mol. The summed E-state index contributed by atoms with van der Waals surface area (Å²) in [5, 5.41) is 7.81. The maximum atomic E-state index is 2.47. The number of fused-ring (bicyclic) bond motifs is 12. The average molecular weight is 547 g/mol. The lowest BCUT2D eigenvalue weighted by Gasteiger charge is -2.11. The topological polar surface area (TPSA) is 9.86 Å². The van der Waals surface area contributed by atoms with Crippen LogP contribution < -0.4 is 0 Å². The molecular weight excluding hydrogens is 520 g/mol. The fraction of sp³-hybridized carbons (Fsp3) is 0.0244. The van der Waals surface area contributed by atoms with Crippen LogP contribution in [0.15, 0.2) is 146 Å². The van der Waals surface area contributed by atoms with Crippen molar-refractivity contribution in [3.63, 3.8) is 0 Å². The number of aromatic nitrogens is 2. The first-order valence-electron chi connectivity index (χ1n) is 15.0. The molecule has 200 valence electrons. The van der Waals surface area contributed by atoms with Crippen molar-refractivity contribution in [3.8, 4) is 22.5 Å². The molecule has 0 aliphatic heterocycles. The summed E-state index contributed by atoms with van der Waals surface area (Å²) in [6.45, 7) is 0. The second-order valence-electron chi connectivity index (χ2n) is 11.7. The van der Waals surface area contributed by atoms with Crippen LogP contribution in [0.4, 0.5) is 0 Å². The molecular formula is C41H26N2. The van der Waals surface area contributed by atoms with Crippen molar-refractivity contribution in [3.05, 3.63) is 157 Å². The van der Waals surface area contributed by atoms with Gasteiger partial charge in [0.1, 0.15) is 0 Å². The van der Waals surface area contributed by atoms with Crippen LogP contribution in [0.3, 0.4) is 0 Å². The predicted octanol–water partition coefficient (Wildman–Crippen LogP) is 10.6. The van der Waals surface area contributed by atoms with Crippen LogP contribution in [-0.4, -0.2) is 9.13 Å². The van der Waals surface area contributed by atoms with Crippen LogP contribution in [0.25, 0.3) is 76.9 Å². The van der Waals surface area contributed by atoms with Crippen molar-refractivity contribution in [2.45, 2.75) is 6.42 Å². The lowest BCUT2D eigenvalue weighted by molar-refractivity contribution is 1.17. The van der Waals surface area contributed by atoms with E-state index in [-0.39, 0.29) is 0 Å². The highest BCUT2D eigenvalue weighted by Gasteiger charge is 2.24. The minimum atomic E-state index is 0.983. The molecule has 1 aliphatic carbocycles. The van der Waals surface area contributed by atoms with Crippen molar-refractivity contribution < 1.29 is 0 Å². The summed E-state index contributed by atoms with van der Waals surface area (Å²) >= 11 is 0. The molecule has 0 saturated carbocycles. The van der Waals surface area contributed by atoms with Crippen molar-refractivity contribution in [1.82, 2.24) is 9.13 Å². The minimum Gasteiger partial charge on any atom is -0.309 e. The van der Waals surface area contributed by atoms with E-state index in [0.29, 0.717) is 0 Å². The summed E-state index contributed by atoms with van der Waals surface area (Å²) in [5.41, 5.74) is 12.9. The molecule has 2 aromatic heterocycles. The van der Waals surface area contributed by atoms with E-state index in [2.05, 4.69) is 155 Å². The van der Waals surface area contributed by atoms with Crippen molar-refractivity contribution in [2.75, 3.05) is 0 Å². The van der Waals surface area contributed by atoms with Gasteiger partial charge in [-0.1, -0.05) is 103 Å². The molecule has 0 bridgehead atoms. The van der Waals surface area contributed by atoms with Crippen LogP contribution in [0, 0.1) is 0 Å². The molecule has 0 radical (unpaired) electrons. The van der Waals surface area contributed by atoms with Gasteiger partial charge in [-0.05, 0) is 81.9 Å². The quantitative estimate of drug-likeness (QED) is 0.204. The summed E-state index contributed by atoms with van der Waals surface area (Å²) in [7, 11) is 0. The highest BCUT2D eigenvalue weighted by molar-refractivity contribution is 6.26. The van der Waals surface area contributed by atoms with Gasteiger partial charge in [0, 0.05) is 32.9 Å². The molecule has 0 saturated heterocycles. The second kappa shape index (κ2) is 8.47. The molecule has 2 heterocycles. The first-order chi connectivity index (χ1) is 21.3. The van der Waals surface area contributed by atoms with E-state index in [0.717, 1.165) is 6.42 Å². The van der Waals surface area contributed by atoms with Gasteiger partial charge in [0.2, 0.25) is 0 Å². The third-order valence-corrected chi connectivity index (χ3v) is 9.53. The first kappa shape index (κ1) is 23.0. The molecule has 43 heavy (non-hydrogen) atoms. The van der Waals surface area contributed by atoms with Gasteiger partial charge in [0.15, 0.2) is 0 Å². The Hall–Kier alpha value is -5.60. The fourth-order valence-corrected chi connectivity index (χ4v) is 7.71. The molecule has 0 spiro atoms. The Bertz CT molecular complexity index is 2580. The lowest BCUT2D eigenvalue weighted by atomic mass is 9.99. The van der Waals surface area contributed by atoms with Crippen LogP contribution in [-0.2, 0) is 6.42 Å². The Morgan fingerprint density at radius 1 is 0.419 bits per heavy atom. The molecule has 0 fully saturated rings. The molecule has 10 rings (SSSR count). The summed E-state index contributed by atoms with van der Waals surface area (Å²) in [6, 6.07) is 53.6. The highest BCUT2D eigenvalue weighted by atomic mass is 15.0. The van der Waals surface area contributed by atoms with Gasteiger partial charge < -0.3 is 9.13 Å². The number of hydrogen-bond donors (Lipinski definition) is 0. The van der Waals surface area contributed by atoms with Gasteiger partial charge in [-0.25, -0.2) is 0 Å². The van der Waals surface area contributed by atoms with Gasteiger partial charge in [-0.2, -0.15) is 0 Å².